The van der Waals surface area contributed by atoms with Gasteiger partial charge in [0.15, 0.2) is 5.78 Å². The zero-order valence-corrected chi connectivity index (χ0v) is 9.82. The van der Waals surface area contributed by atoms with E-state index in [1.54, 1.807) is 7.11 Å². The van der Waals surface area contributed by atoms with Gasteiger partial charge in [0.2, 0.25) is 0 Å². The minimum absolute atomic E-state index is 0.164. The van der Waals surface area contributed by atoms with E-state index >= 15 is 0 Å². The molecule has 1 aromatic carbocycles. The molecule has 1 aliphatic carbocycles. The van der Waals surface area contributed by atoms with E-state index in [-0.39, 0.29) is 5.78 Å². The minimum Gasteiger partial charge on any atom is -0.497 e. The Hall–Kier alpha value is -2.01. The van der Waals surface area contributed by atoms with Crippen LogP contribution in [0.1, 0.15) is 24.8 Å². The monoisotopic (exact) mass is 226 g/mol. The molecular weight excluding hydrogens is 212 g/mol. The number of ketones is 1. The lowest BCUT2D eigenvalue weighted by atomic mass is 9.98. The molecule has 0 bridgehead atoms. The van der Waals surface area contributed by atoms with Crippen LogP contribution in [0, 0.1) is 11.8 Å². The summed E-state index contributed by atoms with van der Waals surface area (Å²) < 4.78 is 5.07. The van der Waals surface area contributed by atoms with Crippen LogP contribution in [0.4, 0.5) is 0 Å². The molecule has 86 valence electrons. The zero-order chi connectivity index (χ0) is 12.1. The molecule has 0 atom stereocenters. The second-order valence-corrected chi connectivity index (χ2v) is 3.91. The third-order valence-corrected chi connectivity index (χ3v) is 2.69. The highest BCUT2D eigenvalue weighted by Gasteiger charge is 2.10. The quantitative estimate of drug-likeness (QED) is 0.688. The van der Waals surface area contributed by atoms with Gasteiger partial charge in [-0.05, 0) is 37.1 Å². The Morgan fingerprint density at radius 3 is 2.59 bits per heavy atom. The summed E-state index contributed by atoms with van der Waals surface area (Å²) in [5.74, 6) is 6.92. The molecule has 0 radical (unpaired) electrons. The first-order valence-corrected chi connectivity index (χ1v) is 5.69. The molecule has 0 aromatic heterocycles. The van der Waals surface area contributed by atoms with Crippen LogP contribution in [0.3, 0.4) is 0 Å². The van der Waals surface area contributed by atoms with Crippen LogP contribution in [0.25, 0.3) is 0 Å². The fourth-order valence-electron chi connectivity index (χ4n) is 1.69. The molecule has 0 saturated heterocycles. The first-order chi connectivity index (χ1) is 8.29. The number of methoxy groups -OCH3 is 1. The van der Waals surface area contributed by atoms with Gasteiger partial charge < -0.3 is 4.74 Å². The fraction of sp³-hybridized carbons (Fsp3) is 0.267. The number of hydrogen-bond donors (Lipinski definition) is 0. The average molecular weight is 226 g/mol. The van der Waals surface area contributed by atoms with Crippen molar-refractivity contribution < 1.29 is 9.53 Å². The Kier molecular flexibility index (Phi) is 3.62. The van der Waals surface area contributed by atoms with Gasteiger partial charge >= 0.3 is 0 Å². The van der Waals surface area contributed by atoms with E-state index < -0.39 is 0 Å². The first kappa shape index (κ1) is 11.5. The third kappa shape index (κ3) is 2.98. The van der Waals surface area contributed by atoms with E-state index in [4.69, 9.17) is 4.74 Å². The molecule has 0 unspecified atom stereocenters. The standard InChI is InChI=1S/C15H14O2/c1-17-14-10-7-12(8-11-14)6-9-13-4-2-3-5-15(13)16/h4,7-8,10-11H,2-3,5H2,1H3. The van der Waals surface area contributed by atoms with Gasteiger partial charge in [0.1, 0.15) is 5.75 Å². The van der Waals surface area contributed by atoms with Crippen LogP contribution in [0.2, 0.25) is 0 Å². The van der Waals surface area contributed by atoms with Crippen molar-refractivity contribution in [2.75, 3.05) is 7.11 Å². The van der Waals surface area contributed by atoms with E-state index in [0.29, 0.717) is 12.0 Å². The smallest absolute Gasteiger partial charge is 0.170 e. The predicted octanol–water partition coefficient (Wildman–Crippen LogP) is 2.73. The van der Waals surface area contributed by atoms with Crippen molar-refractivity contribution in [1.29, 1.82) is 0 Å². The first-order valence-electron chi connectivity index (χ1n) is 5.69. The topological polar surface area (TPSA) is 26.3 Å². The van der Waals surface area contributed by atoms with Crippen LogP contribution in [0.5, 0.6) is 5.75 Å². The molecule has 17 heavy (non-hydrogen) atoms. The van der Waals surface area contributed by atoms with E-state index in [1.807, 2.05) is 30.3 Å². The minimum atomic E-state index is 0.164. The predicted molar refractivity (Wildman–Crippen MR) is 66.8 cm³/mol. The number of rotatable bonds is 1. The van der Waals surface area contributed by atoms with Crippen molar-refractivity contribution >= 4 is 5.78 Å². The third-order valence-electron chi connectivity index (χ3n) is 2.69. The Morgan fingerprint density at radius 1 is 1.18 bits per heavy atom. The van der Waals surface area contributed by atoms with Crippen molar-refractivity contribution in [2.24, 2.45) is 0 Å². The van der Waals surface area contributed by atoms with E-state index in [2.05, 4.69) is 11.8 Å². The number of carbonyl (C=O) groups is 1. The maximum atomic E-state index is 11.5. The second-order valence-electron chi connectivity index (χ2n) is 3.91. The summed E-state index contributed by atoms with van der Waals surface area (Å²) in [5.41, 5.74) is 1.55. The molecule has 1 aliphatic rings. The van der Waals surface area contributed by atoms with Gasteiger partial charge in [0.25, 0.3) is 0 Å². The maximum Gasteiger partial charge on any atom is 0.170 e. The number of benzene rings is 1. The van der Waals surface area contributed by atoms with Crippen molar-refractivity contribution in [3.8, 4) is 17.6 Å². The normalized spacial score (nSPS) is 14.6. The molecule has 0 saturated carbocycles. The lowest BCUT2D eigenvalue weighted by Crippen LogP contribution is -2.04. The van der Waals surface area contributed by atoms with Crippen LogP contribution < -0.4 is 4.74 Å². The SMILES string of the molecule is COc1ccc(C#CC2=CCCCC2=O)cc1. The van der Waals surface area contributed by atoms with Gasteiger partial charge in [-0.25, -0.2) is 0 Å². The number of Topliss-reactive ketones (excluding diaryl/α,β-unsaturated/α-hetero) is 1. The van der Waals surface area contributed by atoms with Crippen LogP contribution in [-0.2, 0) is 4.79 Å². The second kappa shape index (κ2) is 5.36. The largest absolute Gasteiger partial charge is 0.497 e. The maximum absolute atomic E-state index is 11.5. The van der Waals surface area contributed by atoms with Crippen molar-refractivity contribution in [3.63, 3.8) is 0 Å². The number of hydrogen-bond acceptors (Lipinski definition) is 2. The van der Waals surface area contributed by atoms with Crippen LogP contribution >= 0.6 is 0 Å². The summed E-state index contributed by atoms with van der Waals surface area (Å²) in [4.78, 5) is 11.5. The Bertz CT molecular complexity index is 498. The molecule has 2 nitrogen and oxygen atoms in total. The Balaban J connectivity index is 2.15. The summed E-state index contributed by atoms with van der Waals surface area (Å²) in [5, 5.41) is 0. The molecule has 2 heteroatoms. The van der Waals surface area contributed by atoms with Gasteiger partial charge in [0.05, 0.1) is 12.7 Å². The van der Waals surface area contributed by atoms with Gasteiger partial charge in [-0.3, -0.25) is 4.79 Å². The summed E-state index contributed by atoms with van der Waals surface area (Å²) in [7, 11) is 1.63. The van der Waals surface area contributed by atoms with Gasteiger partial charge in [-0.2, -0.15) is 0 Å². The highest BCUT2D eigenvalue weighted by Crippen LogP contribution is 2.14. The van der Waals surface area contributed by atoms with Crippen molar-refractivity contribution in [1.82, 2.24) is 0 Å². The summed E-state index contributed by atoms with van der Waals surface area (Å²) >= 11 is 0. The lowest BCUT2D eigenvalue weighted by molar-refractivity contribution is -0.115. The van der Waals surface area contributed by atoms with Crippen LogP contribution in [-0.4, -0.2) is 12.9 Å². The van der Waals surface area contributed by atoms with Crippen LogP contribution in [0.15, 0.2) is 35.9 Å². The highest BCUT2D eigenvalue weighted by atomic mass is 16.5. The zero-order valence-electron chi connectivity index (χ0n) is 9.82. The molecule has 0 spiro atoms. The summed E-state index contributed by atoms with van der Waals surface area (Å²) in [6.45, 7) is 0. The Morgan fingerprint density at radius 2 is 1.94 bits per heavy atom. The number of allylic oxidation sites excluding steroid dienone is 2. The highest BCUT2D eigenvalue weighted by molar-refractivity contribution is 6.00. The van der Waals surface area contributed by atoms with Gasteiger partial charge in [-0.1, -0.05) is 17.9 Å². The van der Waals surface area contributed by atoms with E-state index in [0.717, 1.165) is 24.2 Å². The van der Waals surface area contributed by atoms with Crippen molar-refractivity contribution in [2.45, 2.75) is 19.3 Å². The molecule has 0 heterocycles. The molecule has 0 amide bonds. The molecular formula is C15H14O2. The summed E-state index contributed by atoms with van der Waals surface area (Å²) in [6, 6.07) is 7.50. The summed E-state index contributed by atoms with van der Waals surface area (Å²) in [6.07, 6.45) is 4.47. The lowest BCUT2D eigenvalue weighted by Gasteiger charge is -2.04. The van der Waals surface area contributed by atoms with Crippen molar-refractivity contribution in [3.05, 3.63) is 41.5 Å². The molecule has 0 N–H and O–H groups in total. The number of ether oxygens (including phenoxy) is 1. The molecule has 0 aliphatic heterocycles. The average Bonchev–Trinajstić information content (AvgIpc) is 2.38. The molecule has 2 rings (SSSR count). The van der Waals surface area contributed by atoms with Gasteiger partial charge in [0, 0.05) is 12.0 Å². The molecule has 0 fully saturated rings. The Labute approximate surface area is 101 Å². The fourth-order valence-corrected chi connectivity index (χ4v) is 1.69. The molecule has 1 aromatic rings. The van der Waals surface area contributed by atoms with E-state index in [9.17, 15) is 4.79 Å². The number of carbonyl (C=O) groups excluding carboxylic acids is 1. The van der Waals surface area contributed by atoms with Gasteiger partial charge in [-0.15, -0.1) is 0 Å². The van der Waals surface area contributed by atoms with E-state index in [1.165, 1.54) is 0 Å².